The summed E-state index contributed by atoms with van der Waals surface area (Å²) in [5.74, 6) is 1.18. The summed E-state index contributed by atoms with van der Waals surface area (Å²) in [5.41, 5.74) is 4.45. The van der Waals surface area contributed by atoms with E-state index in [0.717, 1.165) is 16.7 Å². The summed E-state index contributed by atoms with van der Waals surface area (Å²) in [5, 5.41) is 5.37. The van der Waals surface area contributed by atoms with Crippen LogP contribution in [-0.2, 0) is 0 Å². The first kappa shape index (κ1) is 21.6. The van der Waals surface area contributed by atoms with Crippen molar-refractivity contribution in [1.29, 1.82) is 0 Å². The van der Waals surface area contributed by atoms with Crippen LogP contribution in [-0.4, -0.2) is 19.6 Å². The van der Waals surface area contributed by atoms with Crippen molar-refractivity contribution in [1.82, 2.24) is 19.6 Å². The number of benzene rings is 3. The van der Waals surface area contributed by atoms with E-state index in [9.17, 15) is 4.79 Å². The van der Waals surface area contributed by atoms with E-state index < -0.39 is 11.5 Å². The lowest BCUT2D eigenvalue weighted by molar-refractivity contribution is 0.406. The first-order valence-corrected chi connectivity index (χ1v) is 12.4. The van der Waals surface area contributed by atoms with E-state index in [0.29, 0.717) is 51.0 Å². The first-order chi connectivity index (χ1) is 19.2. The van der Waals surface area contributed by atoms with Gasteiger partial charge in [0, 0.05) is 5.56 Å². The number of ether oxygens (including phenoxy) is 1. The molecule has 0 saturated heterocycles. The van der Waals surface area contributed by atoms with Crippen LogP contribution >= 0.6 is 0 Å². The average molecular weight is 511 g/mol. The zero-order valence-electron chi connectivity index (χ0n) is 20.3. The molecule has 5 heterocycles. The smallest absolute Gasteiger partial charge is 0.344 e. The highest BCUT2D eigenvalue weighted by Gasteiger charge is 2.39. The van der Waals surface area contributed by atoms with Crippen LogP contribution in [0.3, 0.4) is 0 Å². The molecule has 0 fully saturated rings. The highest BCUT2D eigenvalue weighted by molar-refractivity contribution is 5.86. The molecular weight excluding hydrogens is 492 g/mol. The Morgan fingerprint density at radius 2 is 1.54 bits per heavy atom. The SMILES string of the molecule is O=c1oc2ccccc2c2c1C(c1ccco1)c1c(ncn3nc(-c4ccc(-c5ccccc5)cc4)nc13)O2. The molecule has 0 aliphatic carbocycles. The first-order valence-electron chi connectivity index (χ1n) is 12.4. The minimum Gasteiger partial charge on any atom is -0.468 e. The van der Waals surface area contributed by atoms with E-state index in [1.165, 1.54) is 0 Å². The van der Waals surface area contributed by atoms with Crippen LogP contribution in [0.2, 0.25) is 0 Å². The molecule has 0 bridgehead atoms. The van der Waals surface area contributed by atoms with Crippen LogP contribution in [0.4, 0.5) is 0 Å². The number of para-hydroxylation sites is 1. The molecule has 1 atom stereocenters. The number of hydrogen-bond donors (Lipinski definition) is 0. The summed E-state index contributed by atoms with van der Waals surface area (Å²) >= 11 is 0. The zero-order valence-corrected chi connectivity index (χ0v) is 20.3. The maximum atomic E-state index is 13.4. The summed E-state index contributed by atoms with van der Waals surface area (Å²) in [6, 6.07) is 29.1. The predicted molar refractivity (Wildman–Crippen MR) is 144 cm³/mol. The van der Waals surface area contributed by atoms with Crippen LogP contribution in [0.1, 0.15) is 22.8 Å². The number of rotatable bonds is 3. The minimum atomic E-state index is -0.645. The molecule has 4 aromatic heterocycles. The molecule has 0 amide bonds. The second-order valence-electron chi connectivity index (χ2n) is 9.29. The topological polar surface area (TPSA) is 95.7 Å². The molecule has 0 N–H and O–H groups in total. The largest absolute Gasteiger partial charge is 0.468 e. The van der Waals surface area contributed by atoms with Gasteiger partial charge in [0.2, 0.25) is 5.88 Å². The molecule has 1 aliphatic rings. The molecule has 8 nitrogen and oxygen atoms in total. The lowest BCUT2D eigenvalue weighted by Gasteiger charge is -2.25. The van der Waals surface area contributed by atoms with Crippen molar-refractivity contribution in [3.8, 4) is 34.1 Å². The fourth-order valence-corrected chi connectivity index (χ4v) is 5.23. The summed E-state index contributed by atoms with van der Waals surface area (Å²) in [6.45, 7) is 0. The second kappa shape index (κ2) is 8.26. The van der Waals surface area contributed by atoms with Gasteiger partial charge in [0.1, 0.15) is 17.7 Å². The second-order valence-corrected chi connectivity index (χ2v) is 9.29. The van der Waals surface area contributed by atoms with E-state index in [2.05, 4.69) is 17.1 Å². The van der Waals surface area contributed by atoms with Gasteiger partial charge in [-0.3, -0.25) is 0 Å². The number of furan rings is 1. The van der Waals surface area contributed by atoms with Crippen molar-refractivity contribution in [3.05, 3.63) is 131 Å². The van der Waals surface area contributed by atoms with Crippen LogP contribution in [0.25, 0.3) is 39.1 Å². The zero-order chi connectivity index (χ0) is 25.9. The van der Waals surface area contributed by atoms with E-state index in [1.54, 1.807) is 29.2 Å². The number of hydrogen-bond acceptors (Lipinski definition) is 7. The molecule has 0 spiro atoms. The molecule has 0 saturated carbocycles. The number of nitrogens with zero attached hydrogens (tertiary/aromatic N) is 4. The lowest BCUT2D eigenvalue weighted by atomic mass is 9.88. The van der Waals surface area contributed by atoms with Crippen molar-refractivity contribution in [2.24, 2.45) is 0 Å². The van der Waals surface area contributed by atoms with Crippen LogP contribution < -0.4 is 10.4 Å². The molecule has 7 aromatic rings. The highest BCUT2D eigenvalue weighted by Crippen LogP contribution is 2.48. The molecule has 186 valence electrons. The van der Waals surface area contributed by atoms with Crippen molar-refractivity contribution in [2.45, 2.75) is 5.92 Å². The third-order valence-electron chi connectivity index (χ3n) is 7.04. The Hall–Kier alpha value is -5.50. The fraction of sp³-hybridized carbons (Fsp3) is 0.0323. The summed E-state index contributed by atoms with van der Waals surface area (Å²) in [6.07, 6.45) is 3.14. The van der Waals surface area contributed by atoms with Gasteiger partial charge in [-0.25, -0.2) is 19.3 Å². The molecule has 8 rings (SSSR count). The van der Waals surface area contributed by atoms with Crippen LogP contribution in [0, 0.1) is 0 Å². The van der Waals surface area contributed by atoms with Crippen LogP contribution in [0.15, 0.2) is 117 Å². The van der Waals surface area contributed by atoms with Crippen molar-refractivity contribution in [2.75, 3.05) is 0 Å². The van der Waals surface area contributed by atoms with E-state index in [-0.39, 0.29) is 0 Å². The van der Waals surface area contributed by atoms with E-state index in [4.69, 9.17) is 23.7 Å². The molecule has 1 unspecified atom stereocenters. The Labute approximate surface area is 220 Å². The Bertz CT molecular complexity index is 2060. The molecule has 8 heteroatoms. The maximum Gasteiger partial charge on any atom is 0.344 e. The summed E-state index contributed by atoms with van der Waals surface area (Å²) in [4.78, 5) is 22.8. The quantitative estimate of drug-likeness (QED) is 0.252. The normalized spacial score (nSPS) is 14.2. The maximum absolute atomic E-state index is 13.4. The van der Waals surface area contributed by atoms with Gasteiger partial charge in [-0.1, -0.05) is 66.7 Å². The van der Waals surface area contributed by atoms with E-state index in [1.807, 2.05) is 66.7 Å². The van der Waals surface area contributed by atoms with Gasteiger partial charge in [-0.05, 0) is 35.4 Å². The molecule has 0 radical (unpaired) electrons. The minimum absolute atomic E-state index is 0.336. The number of fused-ring (bicyclic) bond motifs is 6. The average Bonchev–Trinajstić information content (AvgIpc) is 3.67. The molecular formula is C31H18N4O4. The van der Waals surface area contributed by atoms with Crippen molar-refractivity contribution < 1.29 is 13.6 Å². The Morgan fingerprint density at radius 3 is 2.36 bits per heavy atom. The molecule has 3 aromatic carbocycles. The fourth-order valence-electron chi connectivity index (χ4n) is 5.23. The molecule has 1 aliphatic heterocycles. The Balaban J connectivity index is 1.31. The monoisotopic (exact) mass is 510 g/mol. The highest BCUT2D eigenvalue weighted by atomic mass is 16.5. The van der Waals surface area contributed by atoms with Crippen molar-refractivity contribution >= 4 is 16.6 Å². The third-order valence-corrected chi connectivity index (χ3v) is 7.04. The van der Waals surface area contributed by atoms with Gasteiger partial charge in [-0.2, -0.15) is 0 Å². The summed E-state index contributed by atoms with van der Waals surface area (Å²) in [7, 11) is 0. The third kappa shape index (κ3) is 3.31. The predicted octanol–water partition coefficient (Wildman–Crippen LogP) is 6.44. The van der Waals surface area contributed by atoms with E-state index >= 15 is 0 Å². The lowest BCUT2D eigenvalue weighted by Crippen LogP contribution is -2.22. The van der Waals surface area contributed by atoms with Gasteiger partial charge in [0.15, 0.2) is 17.2 Å². The van der Waals surface area contributed by atoms with Gasteiger partial charge < -0.3 is 13.6 Å². The van der Waals surface area contributed by atoms with Gasteiger partial charge in [0.25, 0.3) is 0 Å². The summed E-state index contributed by atoms with van der Waals surface area (Å²) < 4.78 is 19.4. The Kier molecular flexibility index (Phi) is 4.57. The van der Waals surface area contributed by atoms with Gasteiger partial charge >= 0.3 is 5.63 Å². The van der Waals surface area contributed by atoms with Gasteiger partial charge in [-0.15, -0.1) is 5.10 Å². The molecule has 39 heavy (non-hydrogen) atoms. The Morgan fingerprint density at radius 1 is 0.769 bits per heavy atom. The number of aromatic nitrogens is 4. The standard InChI is InChI=1S/C31H18N4O4/c36-31-25-24(23-11-6-16-37-23)26-29-33-28(20-14-12-19(13-15-20)18-7-2-1-3-8-18)34-35(29)17-32-30(26)39-27(25)21-9-4-5-10-22(21)38-31/h1-17,24H. The van der Waals surface area contributed by atoms with Crippen molar-refractivity contribution in [3.63, 3.8) is 0 Å². The van der Waals surface area contributed by atoms with Crippen LogP contribution in [0.5, 0.6) is 11.6 Å². The van der Waals surface area contributed by atoms with Gasteiger partial charge in [0.05, 0.1) is 28.7 Å².